The highest BCUT2D eigenvalue weighted by Crippen LogP contribution is 2.07. The number of rotatable bonds is 3. The van der Waals surface area contributed by atoms with E-state index >= 15 is 0 Å². The summed E-state index contributed by atoms with van der Waals surface area (Å²) in [5.74, 6) is 2.00. The molecule has 19 N–H and O–H groups in total. The van der Waals surface area contributed by atoms with Gasteiger partial charge in [-0.3, -0.25) is 4.79 Å². The highest BCUT2D eigenvalue weighted by atomic mass is 16.3. The normalized spacial score (nSPS) is 7.49. The average molecular weight is 869 g/mol. The van der Waals surface area contributed by atoms with Crippen molar-refractivity contribution in [3.63, 3.8) is 0 Å². The molecule has 17 heteroatoms. The lowest BCUT2D eigenvalue weighted by molar-refractivity contribution is -0.129. The second kappa shape index (κ2) is 208. The Morgan fingerprint density at radius 2 is 0.729 bits per heavy atom. The van der Waals surface area contributed by atoms with E-state index in [1.807, 2.05) is 86.2 Å². The molecule has 0 aliphatic carbocycles. The predicted octanol–water partition coefficient (Wildman–Crippen LogP) is 7.89. The Hall–Kier alpha value is -3.94. The molecule has 1 amide bonds. The van der Waals surface area contributed by atoms with E-state index in [0.29, 0.717) is 0 Å². The van der Waals surface area contributed by atoms with Crippen molar-refractivity contribution in [2.75, 3.05) is 34.2 Å². The van der Waals surface area contributed by atoms with Crippen LogP contribution in [0.25, 0.3) is 0 Å². The van der Waals surface area contributed by atoms with Crippen LogP contribution in [0.15, 0.2) is 30.3 Å². The van der Waals surface area contributed by atoms with E-state index in [0.717, 1.165) is 31.3 Å². The highest BCUT2D eigenvalue weighted by Gasteiger charge is 2.11. The third-order valence-corrected chi connectivity index (χ3v) is 4.69. The van der Waals surface area contributed by atoms with Gasteiger partial charge in [-0.05, 0) is 78.1 Å². The summed E-state index contributed by atoms with van der Waals surface area (Å²) in [6.45, 7) is 44.5. The summed E-state index contributed by atoms with van der Waals surface area (Å²) in [7, 11) is 4.50. The number of amides is 1. The van der Waals surface area contributed by atoms with Crippen LogP contribution in [0.4, 0.5) is 0 Å². The first kappa shape index (κ1) is 124. The fraction of sp³-hybridized carbons (Fsp3) is 0.667. The number of hydrogen-bond acceptors (Lipinski definition) is 16. The molecule has 1 aliphatic heterocycles. The Balaban J connectivity index is -0.0000000176. The van der Waals surface area contributed by atoms with Crippen molar-refractivity contribution >= 4 is 53.4 Å². The maximum atomic E-state index is 10.7. The minimum absolute atomic E-state index is 0. The van der Waals surface area contributed by atoms with Crippen molar-refractivity contribution in [1.82, 2.24) is 29.5 Å². The van der Waals surface area contributed by atoms with Gasteiger partial charge in [0.15, 0.2) is 0 Å². The molecule has 59 heavy (non-hydrogen) atoms. The van der Waals surface area contributed by atoms with Crippen molar-refractivity contribution in [2.24, 2.45) is 29.0 Å². The Labute approximate surface area is 366 Å². The molecule has 0 aromatic heterocycles. The molecule has 0 spiro atoms. The second-order valence-corrected chi connectivity index (χ2v) is 9.10. The molecular weight excluding hydrogens is 761 g/mol. The molecule has 370 valence electrons. The van der Waals surface area contributed by atoms with Crippen LogP contribution in [0, 0.1) is 11.8 Å². The van der Waals surface area contributed by atoms with Crippen LogP contribution in [0.2, 0.25) is 0 Å². The third kappa shape index (κ3) is 301. The maximum absolute atomic E-state index is 10.7. The number of benzene rings is 1. The minimum Gasteiger partial charge on any atom is -0.394 e. The molecular formula is C42H108N8O9. The van der Waals surface area contributed by atoms with E-state index in [1.165, 1.54) is 58.8 Å². The number of carbonyl (C=O) groups is 8. The van der Waals surface area contributed by atoms with Gasteiger partial charge in [0.05, 0.1) is 0 Å². The Kier molecular flexibility index (Phi) is 436. The lowest BCUT2D eigenvalue weighted by Gasteiger charge is -2.24. The van der Waals surface area contributed by atoms with Gasteiger partial charge in [0.25, 0.3) is 0 Å². The first-order valence-corrected chi connectivity index (χ1v) is 18.2. The summed E-state index contributed by atoms with van der Waals surface area (Å²) >= 11 is 0. The number of nitrogens with two attached hydrogens (primary N) is 3. The van der Waals surface area contributed by atoms with Crippen molar-refractivity contribution in [3.05, 3.63) is 35.9 Å². The van der Waals surface area contributed by atoms with Gasteiger partial charge in [-0.2, -0.15) is 0 Å². The summed E-state index contributed by atoms with van der Waals surface area (Å²) in [5, 5.41) is 8.06. The van der Waals surface area contributed by atoms with E-state index in [1.54, 1.807) is 20.8 Å². The second-order valence-electron chi connectivity index (χ2n) is 9.10. The molecule has 0 bridgehead atoms. The molecule has 1 aliphatic rings. The van der Waals surface area contributed by atoms with Crippen LogP contribution in [-0.2, 0) is 44.8 Å². The van der Waals surface area contributed by atoms with Crippen LogP contribution in [0.1, 0.15) is 135 Å². The van der Waals surface area contributed by atoms with Gasteiger partial charge in [0.2, 0.25) is 5.91 Å². The molecule has 2 rings (SSSR count). The predicted molar refractivity (Wildman–Crippen MR) is 263 cm³/mol. The molecule has 0 atom stereocenters. The van der Waals surface area contributed by atoms with Crippen molar-refractivity contribution in [3.8, 4) is 0 Å². The van der Waals surface area contributed by atoms with Gasteiger partial charge >= 0.3 is 0 Å². The van der Waals surface area contributed by atoms with Crippen LogP contribution in [0.3, 0.4) is 0 Å². The van der Waals surface area contributed by atoms with Crippen molar-refractivity contribution in [1.29, 1.82) is 0 Å². The lowest BCUT2D eigenvalue weighted by Crippen LogP contribution is -2.33. The van der Waals surface area contributed by atoms with E-state index in [9.17, 15) is 4.79 Å². The fourth-order valence-corrected chi connectivity index (χ4v) is 1.92. The average Bonchev–Trinajstić information content (AvgIpc) is 3.30. The number of aryl methyl sites for hydroxylation is 1. The van der Waals surface area contributed by atoms with Crippen LogP contribution >= 0.6 is 0 Å². The highest BCUT2D eigenvalue weighted by molar-refractivity contribution is 5.73. The molecule has 1 aromatic carbocycles. The summed E-state index contributed by atoms with van der Waals surface area (Å²) in [5.41, 5.74) is 14.9. The molecule has 1 heterocycles. The van der Waals surface area contributed by atoms with E-state index in [-0.39, 0.29) is 36.6 Å². The van der Waals surface area contributed by atoms with Crippen LogP contribution < -0.4 is 41.8 Å². The molecule has 0 radical (unpaired) electrons. The molecule has 1 aromatic rings. The standard InChI is InChI=1S/C8H10.C7H13NO.2C5H12.C3H8O.2C2H6.3CH5N.7CH2O.4H3N/c1-2-8-6-4-3-5-7-8;1-7(9)8-5-3-2-4-6-8;2*1-4-5(2)3;1-3(2)4;12*1-2;;;;/h3-7H,2H2,1H3;2-6H2,1H3;2*5H,4H2,1-3H3;3-4H,1-2H3;2*1-2H3;3*2H2,1H3;7*1H2;4*1H3. The topological polar surface area (TPSA) is 378 Å². The van der Waals surface area contributed by atoms with Gasteiger partial charge in [0.1, 0.15) is 47.5 Å². The first-order chi connectivity index (χ1) is 26.5. The Morgan fingerprint density at radius 1 is 0.542 bits per heavy atom. The van der Waals surface area contributed by atoms with Crippen LogP contribution in [-0.4, -0.2) is 104 Å². The number of piperidine rings is 1. The van der Waals surface area contributed by atoms with Gasteiger partial charge in [0, 0.05) is 26.1 Å². The SMILES string of the molecule is C=O.C=O.C=O.C=O.C=O.C=O.C=O.CC.CC.CC(=O)N1CCCCC1.CC(C)O.CCC(C)C.CCC(C)C.CCc1ccccc1.CN.CN.CN.N.N.N.N. The van der Waals surface area contributed by atoms with Gasteiger partial charge < -0.3 is 85.4 Å². The van der Waals surface area contributed by atoms with Crippen LogP contribution in [0.5, 0.6) is 0 Å². The van der Waals surface area contributed by atoms with Gasteiger partial charge in [-0.25, -0.2) is 0 Å². The molecule has 1 saturated heterocycles. The number of aliphatic hydroxyl groups excluding tert-OH is 1. The Bertz CT molecular complexity index is 582. The minimum atomic E-state index is -0.167. The summed E-state index contributed by atoms with van der Waals surface area (Å²) in [6.07, 6.45) is 7.27. The summed E-state index contributed by atoms with van der Waals surface area (Å²) < 4.78 is 0. The van der Waals surface area contributed by atoms with Crippen molar-refractivity contribution in [2.45, 2.75) is 142 Å². The summed E-state index contributed by atoms with van der Waals surface area (Å²) in [4.78, 5) is 68.6. The molecule has 17 nitrogen and oxygen atoms in total. The molecule has 0 saturated carbocycles. The largest absolute Gasteiger partial charge is 0.394 e. The molecule has 0 unspecified atom stereocenters. The van der Waals surface area contributed by atoms with Crippen molar-refractivity contribution < 1.29 is 43.5 Å². The third-order valence-electron chi connectivity index (χ3n) is 4.69. The zero-order chi connectivity index (χ0) is 48.7. The zero-order valence-electron chi connectivity index (χ0n) is 41.9. The zero-order valence-corrected chi connectivity index (χ0v) is 41.9. The smallest absolute Gasteiger partial charge is 0.219 e. The number of aliphatic hydroxyl groups is 1. The Morgan fingerprint density at radius 3 is 0.831 bits per heavy atom. The number of hydrogen-bond donors (Lipinski definition) is 8. The van der Waals surface area contributed by atoms with Gasteiger partial charge in [-0.1, -0.05) is 119 Å². The maximum Gasteiger partial charge on any atom is 0.219 e. The van der Waals surface area contributed by atoms with E-state index in [2.05, 4.69) is 89.9 Å². The van der Waals surface area contributed by atoms with E-state index < -0.39 is 0 Å². The van der Waals surface area contributed by atoms with E-state index in [4.69, 9.17) is 38.7 Å². The molecule has 1 fully saturated rings. The fourth-order valence-electron chi connectivity index (χ4n) is 1.92. The number of nitrogens with zero attached hydrogens (tertiary/aromatic N) is 1. The number of carbonyl (C=O) groups excluding carboxylic acids is 8. The summed E-state index contributed by atoms with van der Waals surface area (Å²) in [6, 6.07) is 10.5. The van der Waals surface area contributed by atoms with Gasteiger partial charge in [-0.15, -0.1) is 0 Å². The monoisotopic (exact) mass is 869 g/mol. The number of likely N-dealkylation sites (tertiary alicyclic amines) is 1. The lowest BCUT2D eigenvalue weighted by atomic mass is 10.1. The first-order valence-electron chi connectivity index (χ1n) is 18.2. The quantitative estimate of drug-likeness (QED) is 0.143.